The van der Waals surface area contributed by atoms with E-state index >= 15 is 0 Å². The second-order valence-corrected chi connectivity index (χ2v) is 7.17. The molecule has 0 spiro atoms. The fourth-order valence-corrected chi connectivity index (χ4v) is 4.08. The maximum Gasteiger partial charge on any atom is 0.471 e. The number of rotatable bonds is 1. The van der Waals surface area contributed by atoms with Crippen LogP contribution in [-0.2, 0) is 4.79 Å². The Hall–Kier alpha value is -2.41. The predicted octanol–water partition coefficient (Wildman–Crippen LogP) is 4.79. The number of carbonyl (C=O) groups excluding carboxylic acids is 1. The minimum atomic E-state index is -4.91. The lowest BCUT2D eigenvalue weighted by Crippen LogP contribution is -2.52. The number of piperidine rings is 1. The number of halogens is 4. The lowest BCUT2D eigenvalue weighted by atomic mass is 9.89. The third kappa shape index (κ3) is 3.32. The Bertz CT molecular complexity index is 887. The quantitative estimate of drug-likeness (QED) is 0.730. The first-order valence-corrected chi connectivity index (χ1v) is 9.02. The normalized spacial score (nSPS) is 21.3. The summed E-state index contributed by atoms with van der Waals surface area (Å²) in [5.41, 5.74) is 3.30. The molecule has 2 aromatic carbocycles. The van der Waals surface area contributed by atoms with Crippen LogP contribution in [0, 0.1) is 0 Å². The number of para-hydroxylation sites is 1. The van der Waals surface area contributed by atoms with E-state index in [9.17, 15) is 18.0 Å². The van der Waals surface area contributed by atoms with Crippen LogP contribution in [0.5, 0.6) is 0 Å². The molecular formula is C19H17ClF3N3O. The van der Waals surface area contributed by atoms with Crippen LogP contribution < -0.4 is 15.5 Å². The van der Waals surface area contributed by atoms with E-state index in [4.69, 9.17) is 11.6 Å². The fourth-order valence-electron chi connectivity index (χ4n) is 3.91. The van der Waals surface area contributed by atoms with E-state index in [1.807, 2.05) is 35.2 Å². The number of fused-ring (bicyclic) bond motifs is 5. The maximum absolute atomic E-state index is 12.8. The van der Waals surface area contributed by atoms with Gasteiger partial charge in [-0.05, 0) is 37.1 Å². The third-order valence-corrected chi connectivity index (χ3v) is 5.26. The molecular weight excluding hydrogens is 379 g/mol. The molecule has 27 heavy (non-hydrogen) atoms. The summed E-state index contributed by atoms with van der Waals surface area (Å²) in [5, 5.41) is 6.10. The van der Waals surface area contributed by atoms with Gasteiger partial charge in [0.1, 0.15) is 0 Å². The van der Waals surface area contributed by atoms with E-state index in [1.165, 1.54) is 0 Å². The van der Waals surface area contributed by atoms with Crippen molar-refractivity contribution < 1.29 is 18.0 Å². The summed E-state index contributed by atoms with van der Waals surface area (Å²) in [6.07, 6.45) is -3.79. The van der Waals surface area contributed by atoms with Crippen LogP contribution in [0.4, 0.5) is 30.2 Å². The second-order valence-electron chi connectivity index (χ2n) is 6.73. The van der Waals surface area contributed by atoms with Gasteiger partial charge in [-0.1, -0.05) is 29.8 Å². The Morgan fingerprint density at radius 1 is 1.19 bits per heavy atom. The van der Waals surface area contributed by atoms with Crippen molar-refractivity contribution in [3.8, 4) is 0 Å². The van der Waals surface area contributed by atoms with Crippen molar-refractivity contribution >= 4 is 34.6 Å². The number of anilines is 3. The first-order valence-electron chi connectivity index (χ1n) is 8.64. The van der Waals surface area contributed by atoms with Crippen LogP contribution >= 0.6 is 11.6 Å². The van der Waals surface area contributed by atoms with Crippen LogP contribution in [-0.4, -0.2) is 24.7 Å². The van der Waals surface area contributed by atoms with E-state index in [1.54, 1.807) is 12.1 Å². The molecule has 2 atom stereocenters. The minimum Gasteiger partial charge on any atom is -0.361 e. The summed E-state index contributed by atoms with van der Waals surface area (Å²) in [6.45, 7) is 0.659. The van der Waals surface area contributed by atoms with E-state index in [-0.39, 0.29) is 0 Å². The third-order valence-electron chi connectivity index (χ3n) is 5.02. The number of hydrogen-bond donors (Lipinski definition) is 2. The van der Waals surface area contributed by atoms with Crippen molar-refractivity contribution in [2.75, 3.05) is 16.8 Å². The molecule has 2 aliphatic rings. The Kier molecular flexibility index (Phi) is 4.42. The maximum atomic E-state index is 12.8. The molecule has 4 rings (SSSR count). The molecule has 0 bridgehead atoms. The predicted molar refractivity (Wildman–Crippen MR) is 98.5 cm³/mol. The Labute approximate surface area is 159 Å². The van der Waals surface area contributed by atoms with Crippen molar-refractivity contribution in [2.45, 2.75) is 31.1 Å². The molecule has 2 aliphatic heterocycles. The number of benzene rings is 2. The molecule has 1 saturated heterocycles. The summed E-state index contributed by atoms with van der Waals surface area (Å²) < 4.78 is 38.5. The number of carbonyl (C=O) groups is 1. The SMILES string of the molecule is O=C(N[C@@H]1CCCN2c3cc(Cl)ccc3Nc3ccccc3[C@H]12)C(F)(F)F. The second kappa shape index (κ2) is 6.64. The Morgan fingerprint density at radius 3 is 2.74 bits per heavy atom. The molecule has 2 heterocycles. The molecule has 0 saturated carbocycles. The molecule has 0 aliphatic carbocycles. The zero-order valence-corrected chi connectivity index (χ0v) is 14.9. The monoisotopic (exact) mass is 395 g/mol. The van der Waals surface area contributed by atoms with Crippen molar-refractivity contribution in [2.24, 2.45) is 0 Å². The molecule has 142 valence electrons. The molecule has 1 fully saturated rings. The van der Waals surface area contributed by atoms with E-state index < -0.39 is 24.2 Å². The summed E-state index contributed by atoms with van der Waals surface area (Å²) in [4.78, 5) is 13.6. The highest BCUT2D eigenvalue weighted by molar-refractivity contribution is 6.31. The van der Waals surface area contributed by atoms with Gasteiger partial charge < -0.3 is 15.5 Å². The van der Waals surface area contributed by atoms with Gasteiger partial charge in [0, 0.05) is 22.8 Å². The largest absolute Gasteiger partial charge is 0.471 e. The molecule has 0 radical (unpaired) electrons. The van der Waals surface area contributed by atoms with Gasteiger partial charge in [0.15, 0.2) is 0 Å². The smallest absolute Gasteiger partial charge is 0.361 e. The van der Waals surface area contributed by atoms with Crippen LogP contribution in [0.2, 0.25) is 5.02 Å². The van der Waals surface area contributed by atoms with Crippen LogP contribution in [0.25, 0.3) is 0 Å². The molecule has 2 N–H and O–H groups in total. The molecule has 4 nitrogen and oxygen atoms in total. The highest BCUT2D eigenvalue weighted by Crippen LogP contribution is 2.46. The lowest BCUT2D eigenvalue weighted by Gasteiger charge is -2.43. The van der Waals surface area contributed by atoms with Crippen molar-refractivity contribution in [1.82, 2.24) is 5.32 Å². The van der Waals surface area contributed by atoms with Crippen LogP contribution in [0.3, 0.4) is 0 Å². The Balaban J connectivity index is 1.81. The van der Waals surface area contributed by atoms with Gasteiger partial charge in [0.2, 0.25) is 0 Å². The van der Waals surface area contributed by atoms with Gasteiger partial charge in [-0.3, -0.25) is 4.79 Å². The number of hydrogen-bond acceptors (Lipinski definition) is 3. The Morgan fingerprint density at radius 2 is 1.96 bits per heavy atom. The van der Waals surface area contributed by atoms with Crippen LogP contribution in [0.1, 0.15) is 24.4 Å². The first kappa shape index (κ1) is 18.0. The highest BCUT2D eigenvalue weighted by atomic mass is 35.5. The van der Waals surface area contributed by atoms with E-state index in [0.29, 0.717) is 24.4 Å². The fraction of sp³-hybridized carbons (Fsp3) is 0.316. The summed E-state index contributed by atoms with van der Waals surface area (Å²) in [7, 11) is 0. The molecule has 1 amide bonds. The highest BCUT2D eigenvalue weighted by Gasteiger charge is 2.44. The summed E-state index contributed by atoms with van der Waals surface area (Å²) >= 11 is 6.18. The standard InChI is InChI=1S/C19H17ClF3N3O/c20-11-7-8-14-16(10-11)26-9-3-6-15(25-18(27)19(21,22)23)17(26)12-4-1-2-5-13(12)24-14/h1-2,4-5,7-8,10,15,17,24H,3,6,9H2,(H,25,27)/t15-,17-/m1/s1. The van der Waals surface area contributed by atoms with Crippen molar-refractivity contribution in [3.63, 3.8) is 0 Å². The van der Waals surface area contributed by atoms with E-state index in [0.717, 1.165) is 22.6 Å². The molecule has 0 aromatic heterocycles. The number of nitrogens with one attached hydrogen (secondary N) is 2. The lowest BCUT2D eigenvalue weighted by molar-refractivity contribution is -0.174. The minimum absolute atomic E-state index is 0.423. The van der Waals surface area contributed by atoms with Crippen LogP contribution in [0.15, 0.2) is 42.5 Å². The zero-order chi connectivity index (χ0) is 19.2. The number of alkyl halides is 3. The zero-order valence-electron chi connectivity index (χ0n) is 14.2. The van der Waals surface area contributed by atoms with Gasteiger partial charge in [0.25, 0.3) is 0 Å². The molecule has 2 aromatic rings. The van der Waals surface area contributed by atoms with Crippen molar-refractivity contribution in [3.05, 3.63) is 53.1 Å². The number of amides is 1. The van der Waals surface area contributed by atoms with Crippen molar-refractivity contribution in [1.29, 1.82) is 0 Å². The van der Waals surface area contributed by atoms with Gasteiger partial charge >= 0.3 is 12.1 Å². The molecule has 0 unspecified atom stereocenters. The average molecular weight is 396 g/mol. The van der Waals surface area contributed by atoms with Gasteiger partial charge in [0.05, 0.1) is 23.5 Å². The van der Waals surface area contributed by atoms with E-state index in [2.05, 4.69) is 10.6 Å². The van der Waals surface area contributed by atoms with Gasteiger partial charge in [-0.25, -0.2) is 0 Å². The topological polar surface area (TPSA) is 44.4 Å². The number of nitrogens with zero attached hydrogens (tertiary/aromatic N) is 1. The molecule has 8 heteroatoms. The summed E-state index contributed by atoms with van der Waals surface area (Å²) in [5.74, 6) is -1.91. The average Bonchev–Trinajstić information content (AvgIpc) is 2.76. The van der Waals surface area contributed by atoms with Gasteiger partial charge in [-0.15, -0.1) is 0 Å². The first-order chi connectivity index (χ1) is 12.8. The summed E-state index contributed by atoms with van der Waals surface area (Å²) in [6, 6.07) is 11.8. The van der Waals surface area contributed by atoms with Gasteiger partial charge in [-0.2, -0.15) is 13.2 Å².